The second-order valence-corrected chi connectivity index (χ2v) is 10.5. The number of halogens is 1. The first kappa shape index (κ1) is 29.9. The van der Waals surface area contributed by atoms with Crippen molar-refractivity contribution in [3.05, 3.63) is 64.9 Å². The number of carbonyl (C=O) groups is 1. The van der Waals surface area contributed by atoms with E-state index >= 15 is 0 Å². The summed E-state index contributed by atoms with van der Waals surface area (Å²) in [7, 11) is 3.24. The molecule has 1 saturated heterocycles. The lowest BCUT2D eigenvalue weighted by Gasteiger charge is -2.31. The zero-order valence-electron chi connectivity index (χ0n) is 23.5. The summed E-state index contributed by atoms with van der Waals surface area (Å²) in [5.74, 6) is 1.83. The Morgan fingerprint density at radius 2 is 1.90 bits per heavy atom. The average molecular weight is 572 g/mol. The van der Waals surface area contributed by atoms with Crippen molar-refractivity contribution in [2.24, 2.45) is 5.92 Å². The maximum Gasteiger partial charge on any atom is 0.254 e. The maximum atomic E-state index is 13.7. The third-order valence-corrected chi connectivity index (χ3v) is 7.14. The Kier molecular flexibility index (Phi) is 10.8. The third kappa shape index (κ3) is 7.75. The second-order valence-electron chi connectivity index (χ2n) is 10.1. The number of amides is 1. The highest BCUT2D eigenvalue weighted by Gasteiger charge is 2.32. The lowest BCUT2D eigenvalue weighted by Crippen LogP contribution is -2.43. The summed E-state index contributed by atoms with van der Waals surface area (Å²) in [4.78, 5) is 15.6. The first-order chi connectivity index (χ1) is 19.4. The van der Waals surface area contributed by atoms with Crippen LogP contribution in [-0.4, -0.2) is 75.2 Å². The monoisotopic (exact) mass is 571 g/mol. The second kappa shape index (κ2) is 14.5. The summed E-state index contributed by atoms with van der Waals surface area (Å²) in [5.41, 5.74) is 2.21. The smallest absolute Gasteiger partial charge is 0.254 e. The molecule has 1 amide bonds. The standard InChI is InChI=1S/C30H38ClN3O6/c1-20(2)34(30(35)22-8-11-27(37-4)28(14-22)38-13-5-12-36-3)18-23-16-32-17-29(23)39-19-25-15-26(33-40-25)21-6-9-24(31)10-7-21/h6-11,14-15,20,23,29,32H,5,12-13,16-19H2,1-4H3/t23-,29-/m0/s1. The SMILES string of the molecule is COCCCOc1cc(C(=O)N(C[C@@H]2CNC[C@@H]2OCc2cc(-c3ccc(Cl)cc3)no2)C(C)C)ccc1OC. The van der Waals surface area contributed by atoms with Gasteiger partial charge in [-0.05, 0) is 44.2 Å². The van der Waals surface area contributed by atoms with Crippen LogP contribution < -0.4 is 14.8 Å². The lowest BCUT2D eigenvalue weighted by molar-refractivity contribution is 0.00422. The number of nitrogens with zero attached hydrogens (tertiary/aromatic N) is 2. The number of nitrogens with one attached hydrogen (secondary N) is 1. The number of benzene rings is 2. The Morgan fingerprint density at radius 3 is 2.62 bits per heavy atom. The molecule has 216 valence electrons. The van der Waals surface area contributed by atoms with E-state index in [4.69, 9.17) is 35.1 Å². The van der Waals surface area contributed by atoms with Gasteiger partial charge in [-0.25, -0.2) is 0 Å². The minimum absolute atomic E-state index is 0.00173. The van der Waals surface area contributed by atoms with Crippen molar-refractivity contribution in [1.29, 1.82) is 0 Å². The highest BCUT2D eigenvalue weighted by atomic mass is 35.5. The van der Waals surface area contributed by atoms with Gasteiger partial charge >= 0.3 is 0 Å². The van der Waals surface area contributed by atoms with Crippen molar-refractivity contribution in [3.8, 4) is 22.8 Å². The van der Waals surface area contributed by atoms with Gasteiger partial charge in [-0.15, -0.1) is 0 Å². The molecule has 9 nitrogen and oxygen atoms in total. The van der Waals surface area contributed by atoms with Gasteiger partial charge in [0.15, 0.2) is 17.3 Å². The van der Waals surface area contributed by atoms with Crippen LogP contribution in [0.4, 0.5) is 0 Å². The molecule has 0 spiro atoms. The van der Waals surface area contributed by atoms with Gasteiger partial charge < -0.3 is 33.7 Å². The lowest BCUT2D eigenvalue weighted by atomic mass is 10.0. The summed E-state index contributed by atoms with van der Waals surface area (Å²) in [6.45, 7) is 7.41. The van der Waals surface area contributed by atoms with Crippen LogP contribution in [0.3, 0.4) is 0 Å². The van der Waals surface area contributed by atoms with Crippen LogP contribution in [0.5, 0.6) is 11.5 Å². The fourth-order valence-electron chi connectivity index (χ4n) is 4.67. The normalized spacial score (nSPS) is 16.9. The van der Waals surface area contributed by atoms with Crippen molar-refractivity contribution in [3.63, 3.8) is 0 Å². The van der Waals surface area contributed by atoms with Crippen LogP contribution in [0.25, 0.3) is 11.3 Å². The summed E-state index contributed by atoms with van der Waals surface area (Å²) in [5, 5.41) is 8.24. The van der Waals surface area contributed by atoms with Crippen LogP contribution >= 0.6 is 11.6 Å². The first-order valence-electron chi connectivity index (χ1n) is 13.5. The number of aromatic nitrogens is 1. The van der Waals surface area contributed by atoms with Gasteiger partial charge in [0.2, 0.25) is 0 Å². The van der Waals surface area contributed by atoms with Crippen LogP contribution in [0, 0.1) is 5.92 Å². The Bertz CT molecular complexity index is 1230. The zero-order valence-corrected chi connectivity index (χ0v) is 24.3. The topological polar surface area (TPSA) is 95.3 Å². The summed E-state index contributed by atoms with van der Waals surface area (Å²) < 4.78 is 28.2. The Labute approximate surface area is 240 Å². The highest BCUT2D eigenvalue weighted by molar-refractivity contribution is 6.30. The molecule has 0 unspecified atom stereocenters. The molecule has 2 heterocycles. The Morgan fingerprint density at radius 1 is 1.10 bits per heavy atom. The minimum atomic E-state index is -0.0753. The van der Waals surface area contributed by atoms with E-state index < -0.39 is 0 Å². The summed E-state index contributed by atoms with van der Waals surface area (Å²) in [6, 6.07) is 14.6. The van der Waals surface area contributed by atoms with E-state index in [1.807, 2.05) is 49.1 Å². The van der Waals surface area contributed by atoms with E-state index in [-0.39, 0.29) is 24.0 Å². The number of ether oxygens (including phenoxy) is 4. The molecule has 4 rings (SSSR count). The van der Waals surface area contributed by atoms with Crippen molar-refractivity contribution < 1.29 is 28.3 Å². The zero-order chi connectivity index (χ0) is 28.5. The maximum absolute atomic E-state index is 13.7. The van der Waals surface area contributed by atoms with Gasteiger partial charge in [0, 0.05) is 73.9 Å². The first-order valence-corrected chi connectivity index (χ1v) is 13.9. The number of hydrogen-bond donors (Lipinski definition) is 1. The van der Waals surface area contributed by atoms with Gasteiger partial charge in [-0.3, -0.25) is 4.79 Å². The van der Waals surface area contributed by atoms with Crippen molar-refractivity contribution in [2.45, 2.75) is 39.0 Å². The van der Waals surface area contributed by atoms with Gasteiger partial charge in [0.05, 0.1) is 19.8 Å². The van der Waals surface area contributed by atoms with Crippen LogP contribution in [-0.2, 0) is 16.1 Å². The molecular formula is C30H38ClN3O6. The number of hydrogen-bond acceptors (Lipinski definition) is 8. The molecule has 10 heteroatoms. The molecule has 1 aliphatic heterocycles. The van der Waals surface area contributed by atoms with Crippen LogP contribution in [0.2, 0.25) is 5.02 Å². The summed E-state index contributed by atoms with van der Waals surface area (Å²) >= 11 is 5.99. The molecule has 0 saturated carbocycles. The molecule has 0 radical (unpaired) electrons. The molecule has 1 aromatic heterocycles. The third-order valence-electron chi connectivity index (χ3n) is 6.89. The van der Waals surface area contributed by atoms with Gasteiger partial charge in [-0.2, -0.15) is 0 Å². The van der Waals surface area contributed by atoms with Gasteiger partial charge in [0.25, 0.3) is 5.91 Å². The Balaban J connectivity index is 1.38. The van der Waals surface area contributed by atoms with Crippen LogP contribution in [0.15, 0.2) is 53.1 Å². The molecule has 40 heavy (non-hydrogen) atoms. The molecule has 1 N–H and O–H groups in total. The minimum Gasteiger partial charge on any atom is -0.493 e. The van der Waals surface area contributed by atoms with Gasteiger partial charge in [0.1, 0.15) is 12.3 Å². The van der Waals surface area contributed by atoms with E-state index in [2.05, 4.69) is 10.5 Å². The quantitative estimate of drug-likeness (QED) is 0.268. The van der Waals surface area contributed by atoms with E-state index in [0.717, 1.165) is 24.2 Å². The molecule has 0 aliphatic carbocycles. The molecule has 1 fully saturated rings. The molecule has 2 atom stereocenters. The Hall–Kier alpha value is -3.11. The molecule has 0 bridgehead atoms. The van der Waals surface area contributed by atoms with E-state index in [1.54, 1.807) is 32.4 Å². The average Bonchev–Trinajstić information content (AvgIpc) is 3.62. The number of methoxy groups -OCH3 is 2. The molecule has 2 aromatic carbocycles. The summed E-state index contributed by atoms with van der Waals surface area (Å²) in [6.07, 6.45) is 0.663. The van der Waals surface area contributed by atoms with Crippen molar-refractivity contribution >= 4 is 17.5 Å². The fraction of sp³-hybridized carbons (Fsp3) is 0.467. The van der Waals surface area contributed by atoms with E-state index in [1.165, 1.54) is 0 Å². The van der Waals surface area contributed by atoms with Crippen molar-refractivity contribution in [1.82, 2.24) is 15.4 Å². The molecular weight excluding hydrogens is 534 g/mol. The molecule has 3 aromatic rings. The number of carbonyl (C=O) groups excluding carboxylic acids is 1. The molecule has 1 aliphatic rings. The van der Waals surface area contributed by atoms with Crippen LogP contribution in [0.1, 0.15) is 36.4 Å². The number of rotatable bonds is 14. The predicted molar refractivity (Wildman–Crippen MR) is 153 cm³/mol. The predicted octanol–water partition coefficient (Wildman–Crippen LogP) is 5.07. The van der Waals surface area contributed by atoms with Crippen molar-refractivity contribution in [2.75, 3.05) is 47.1 Å². The highest BCUT2D eigenvalue weighted by Crippen LogP contribution is 2.30. The van der Waals surface area contributed by atoms with Gasteiger partial charge in [-0.1, -0.05) is 28.9 Å². The van der Waals surface area contributed by atoms with E-state index in [9.17, 15) is 4.79 Å². The van der Waals surface area contributed by atoms with E-state index in [0.29, 0.717) is 60.8 Å². The fourth-order valence-corrected chi connectivity index (χ4v) is 4.79. The largest absolute Gasteiger partial charge is 0.493 e.